The van der Waals surface area contributed by atoms with Crippen LogP contribution in [-0.2, 0) is 6.18 Å². The van der Waals surface area contributed by atoms with Crippen LogP contribution in [0.1, 0.15) is 5.69 Å². The molecule has 0 radical (unpaired) electrons. The third-order valence-electron chi connectivity index (χ3n) is 1.83. The van der Waals surface area contributed by atoms with Crippen LogP contribution in [0, 0.1) is 0 Å². The number of alkyl halides is 3. The highest BCUT2D eigenvalue weighted by molar-refractivity contribution is 5.28. The maximum Gasteiger partial charge on any atom is 0.435 e. The van der Waals surface area contributed by atoms with E-state index in [4.69, 9.17) is 0 Å². The Hall–Kier alpha value is -2.05. The molecule has 16 heavy (non-hydrogen) atoms. The highest BCUT2D eigenvalue weighted by Crippen LogP contribution is 2.30. The first kappa shape index (κ1) is 10.5. The Morgan fingerprint density at radius 2 is 2.00 bits per heavy atom. The van der Waals surface area contributed by atoms with Gasteiger partial charge < -0.3 is 5.11 Å². The average molecular weight is 228 g/mol. The molecule has 0 aliphatic rings. The van der Waals surface area contributed by atoms with Crippen LogP contribution in [0.25, 0.3) is 5.82 Å². The maximum atomic E-state index is 12.3. The molecule has 2 heterocycles. The number of aromatic nitrogens is 3. The van der Waals surface area contributed by atoms with Gasteiger partial charge >= 0.3 is 6.18 Å². The van der Waals surface area contributed by atoms with Crippen molar-refractivity contribution in [1.82, 2.24) is 14.8 Å². The molecule has 0 bridgehead atoms. The van der Waals surface area contributed by atoms with Gasteiger partial charge in [0.1, 0.15) is 0 Å². The predicted octanol–water partition coefficient (Wildman–Crippen LogP) is 1.36. The molecule has 0 saturated heterocycles. The molecule has 0 aromatic carbocycles. The summed E-state index contributed by atoms with van der Waals surface area (Å²) in [5.41, 5.74) is -1.22. The van der Waals surface area contributed by atoms with E-state index in [1.165, 1.54) is 12.3 Å². The van der Waals surface area contributed by atoms with Crippen molar-refractivity contribution in [2.75, 3.05) is 0 Å². The summed E-state index contributed by atoms with van der Waals surface area (Å²) in [4.78, 5) is 3.74. The summed E-state index contributed by atoms with van der Waals surface area (Å²) in [5.74, 6) is -0.797. The first-order valence-electron chi connectivity index (χ1n) is 4.24. The second-order valence-electron chi connectivity index (χ2n) is 2.97. The summed E-state index contributed by atoms with van der Waals surface area (Å²) in [6.07, 6.45) is -3.26. The van der Waals surface area contributed by atoms with Crippen LogP contribution >= 0.6 is 0 Å². The Labute approximate surface area is 88.0 Å². The molecule has 0 unspecified atom stereocenters. The Morgan fingerprint density at radius 1 is 1.25 bits per heavy atom. The minimum atomic E-state index is -4.63. The summed E-state index contributed by atoms with van der Waals surface area (Å²) < 4.78 is 37.4. The molecule has 84 valence electrons. The molecule has 0 aliphatic carbocycles. The monoisotopic (exact) mass is 228 g/mol. The highest BCUT2D eigenvalue weighted by Gasteiger charge is 2.34. The topological polar surface area (TPSA) is 53.8 Å². The van der Waals surface area contributed by atoms with Crippen LogP contribution in [0.3, 0.4) is 0 Å². The van der Waals surface area contributed by atoms with E-state index in [9.17, 15) is 18.3 Å². The third kappa shape index (κ3) is 1.83. The smallest absolute Gasteiger partial charge is 0.435 e. The normalized spacial score (nSPS) is 11.7. The number of hydrogen-bond acceptors (Lipinski definition) is 3. The minimum Gasteiger partial charge on any atom is -0.858 e. The van der Waals surface area contributed by atoms with Gasteiger partial charge in [0.2, 0.25) is 0 Å². The molecule has 0 saturated carbocycles. The lowest BCUT2D eigenvalue weighted by Gasteiger charge is -2.07. The first-order valence-corrected chi connectivity index (χ1v) is 4.24. The zero-order valence-corrected chi connectivity index (χ0v) is 7.77. The number of rotatable bonds is 1. The zero-order chi connectivity index (χ0) is 11.8. The molecule has 0 spiro atoms. The molecule has 2 aromatic heterocycles. The van der Waals surface area contributed by atoms with Crippen LogP contribution in [-0.4, -0.2) is 14.8 Å². The van der Waals surface area contributed by atoms with E-state index in [2.05, 4.69) is 10.1 Å². The molecule has 0 atom stereocenters. The van der Waals surface area contributed by atoms with Crippen molar-refractivity contribution in [3.63, 3.8) is 0 Å². The first-order chi connectivity index (χ1) is 7.48. The van der Waals surface area contributed by atoms with E-state index >= 15 is 0 Å². The number of halogens is 3. The lowest BCUT2D eigenvalue weighted by Crippen LogP contribution is -2.08. The lowest BCUT2D eigenvalue weighted by molar-refractivity contribution is -0.278. The van der Waals surface area contributed by atoms with Gasteiger partial charge in [-0.2, -0.15) is 18.3 Å². The SMILES string of the molecule is [O-]c1cc(C(F)(F)F)nn1-c1ccccn1. The fourth-order valence-corrected chi connectivity index (χ4v) is 1.15. The van der Waals surface area contributed by atoms with Crippen LogP contribution in [0.15, 0.2) is 30.5 Å². The summed E-state index contributed by atoms with van der Waals surface area (Å²) in [7, 11) is 0. The van der Waals surface area contributed by atoms with Gasteiger partial charge in [0, 0.05) is 6.20 Å². The quantitative estimate of drug-likeness (QED) is 0.740. The standard InChI is InChI=1S/C9H6F3N3O/c10-9(11,12)6-5-8(16)15(14-6)7-3-1-2-4-13-7/h1-5,16H/p-1. The van der Waals surface area contributed by atoms with Crippen molar-refractivity contribution in [3.05, 3.63) is 36.2 Å². The lowest BCUT2D eigenvalue weighted by atomic mass is 10.4. The second-order valence-corrected chi connectivity index (χ2v) is 2.97. The van der Waals surface area contributed by atoms with Gasteiger partial charge in [-0.15, -0.1) is 0 Å². The summed E-state index contributed by atoms with van der Waals surface area (Å²) in [6, 6.07) is 4.97. The van der Waals surface area contributed by atoms with E-state index in [1.54, 1.807) is 12.1 Å². The number of nitrogens with zero attached hydrogens (tertiary/aromatic N) is 3. The Morgan fingerprint density at radius 3 is 2.50 bits per heavy atom. The molecule has 4 nitrogen and oxygen atoms in total. The van der Waals surface area contributed by atoms with Gasteiger partial charge in [0.05, 0.1) is 0 Å². The van der Waals surface area contributed by atoms with Crippen LogP contribution in [0.5, 0.6) is 5.88 Å². The van der Waals surface area contributed by atoms with E-state index in [0.29, 0.717) is 10.7 Å². The molecule has 0 fully saturated rings. The van der Waals surface area contributed by atoms with Crippen molar-refractivity contribution in [3.8, 4) is 11.7 Å². The summed E-state index contributed by atoms with van der Waals surface area (Å²) in [5, 5.41) is 14.4. The maximum absolute atomic E-state index is 12.3. The van der Waals surface area contributed by atoms with Gasteiger partial charge in [-0.1, -0.05) is 6.07 Å². The molecule has 2 aromatic rings. The molecule has 0 N–H and O–H groups in total. The second kappa shape index (κ2) is 3.51. The minimum absolute atomic E-state index is 0.0583. The van der Waals surface area contributed by atoms with Gasteiger partial charge in [0.25, 0.3) is 0 Å². The zero-order valence-electron chi connectivity index (χ0n) is 7.77. The fraction of sp³-hybridized carbons (Fsp3) is 0.111. The Bertz CT molecular complexity index is 492. The van der Waals surface area contributed by atoms with E-state index in [-0.39, 0.29) is 5.82 Å². The Kier molecular flexibility index (Phi) is 2.30. The van der Waals surface area contributed by atoms with Crippen molar-refractivity contribution in [1.29, 1.82) is 0 Å². The van der Waals surface area contributed by atoms with Crippen molar-refractivity contribution in [2.45, 2.75) is 6.18 Å². The van der Waals surface area contributed by atoms with Crippen molar-refractivity contribution in [2.24, 2.45) is 0 Å². The van der Waals surface area contributed by atoms with E-state index in [1.807, 2.05) is 0 Å². The largest absolute Gasteiger partial charge is 0.858 e. The van der Waals surface area contributed by atoms with Crippen LogP contribution < -0.4 is 5.11 Å². The van der Waals surface area contributed by atoms with Crippen LogP contribution in [0.2, 0.25) is 0 Å². The number of pyridine rings is 1. The van der Waals surface area contributed by atoms with Crippen molar-refractivity contribution < 1.29 is 18.3 Å². The average Bonchev–Trinajstić information content (AvgIpc) is 2.61. The molecular weight excluding hydrogens is 223 g/mol. The van der Waals surface area contributed by atoms with E-state index in [0.717, 1.165) is 0 Å². The molecular formula is C9H5F3N3O-. The Balaban J connectivity index is 2.48. The summed E-state index contributed by atoms with van der Waals surface area (Å²) >= 11 is 0. The van der Waals surface area contributed by atoms with E-state index < -0.39 is 17.8 Å². The van der Waals surface area contributed by atoms with Crippen molar-refractivity contribution >= 4 is 0 Å². The molecule has 7 heteroatoms. The highest BCUT2D eigenvalue weighted by atomic mass is 19.4. The molecule has 2 rings (SSSR count). The molecule has 0 aliphatic heterocycles. The predicted molar refractivity (Wildman–Crippen MR) is 45.8 cm³/mol. The van der Waals surface area contributed by atoms with Gasteiger partial charge in [-0.25, -0.2) is 9.67 Å². The third-order valence-corrected chi connectivity index (χ3v) is 1.83. The number of hydrogen-bond donors (Lipinski definition) is 0. The van der Waals surface area contributed by atoms with Gasteiger partial charge in [0.15, 0.2) is 11.5 Å². The van der Waals surface area contributed by atoms with Gasteiger partial charge in [-0.05, 0) is 24.1 Å². The fourth-order valence-electron chi connectivity index (χ4n) is 1.15. The van der Waals surface area contributed by atoms with Gasteiger partial charge in [-0.3, -0.25) is 0 Å². The summed E-state index contributed by atoms with van der Waals surface area (Å²) in [6.45, 7) is 0. The van der Waals surface area contributed by atoms with Crippen LogP contribution in [0.4, 0.5) is 13.2 Å². The molecule has 0 amide bonds.